The summed E-state index contributed by atoms with van der Waals surface area (Å²) < 4.78 is 5.47. The number of nitro benzene ring substituents is 1. The molecule has 0 fully saturated rings. The molecule has 0 unspecified atom stereocenters. The van der Waals surface area contributed by atoms with E-state index >= 15 is 0 Å². The summed E-state index contributed by atoms with van der Waals surface area (Å²) in [5, 5.41) is 10.7. The molecule has 1 aromatic heterocycles. The van der Waals surface area contributed by atoms with Crippen molar-refractivity contribution in [3.05, 3.63) is 70.1 Å². The molecule has 0 radical (unpaired) electrons. The predicted molar refractivity (Wildman–Crippen MR) is 75.1 cm³/mol. The van der Waals surface area contributed by atoms with Gasteiger partial charge in [-0.05, 0) is 12.1 Å². The molecular formula is C15H10N2O4. The van der Waals surface area contributed by atoms with Crippen molar-refractivity contribution in [3.8, 4) is 0 Å². The number of Topliss-reactive ketones (excluding diaryl/α,β-unsaturated/α-hetero) is 1. The molecule has 0 spiro atoms. The minimum absolute atomic E-state index is 0.0319. The summed E-state index contributed by atoms with van der Waals surface area (Å²) in [5.41, 5.74) is 1.45. The molecule has 3 rings (SSSR count). The number of fused-ring (bicyclic) bond motifs is 1. The highest BCUT2D eigenvalue weighted by Crippen LogP contribution is 2.18. The molecule has 21 heavy (non-hydrogen) atoms. The van der Waals surface area contributed by atoms with Crippen LogP contribution in [-0.4, -0.2) is 15.7 Å². The van der Waals surface area contributed by atoms with Gasteiger partial charge in [-0.25, -0.2) is 4.98 Å². The minimum atomic E-state index is -0.532. The Morgan fingerprint density at radius 2 is 2.00 bits per heavy atom. The van der Waals surface area contributed by atoms with E-state index in [9.17, 15) is 14.9 Å². The summed E-state index contributed by atoms with van der Waals surface area (Å²) in [6, 6.07) is 12.8. The smallest absolute Gasteiger partial charge is 0.270 e. The second-order valence-electron chi connectivity index (χ2n) is 4.48. The van der Waals surface area contributed by atoms with Crippen LogP contribution in [0.1, 0.15) is 16.2 Å². The minimum Gasteiger partial charge on any atom is -0.440 e. The average Bonchev–Trinajstić information content (AvgIpc) is 2.89. The number of non-ortho nitro benzene ring substituents is 1. The number of nitrogens with zero attached hydrogens (tertiary/aromatic N) is 2. The molecule has 3 aromatic rings. The van der Waals surface area contributed by atoms with Crippen LogP contribution in [0, 0.1) is 10.1 Å². The van der Waals surface area contributed by atoms with E-state index in [2.05, 4.69) is 4.98 Å². The lowest BCUT2D eigenvalue weighted by Crippen LogP contribution is -2.04. The lowest BCUT2D eigenvalue weighted by molar-refractivity contribution is -0.384. The van der Waals surface area contributed by atoms with Crippen LogP contribution in [-0.2, 0) is 6.42 Å². The molecule has 0 saturated carbocycles. The van der Waals surface area contributed by atoms with Crippen molar-refractivity contribution < 1.29 is 14.1 Å². The van der Waals surface area contributed by atoms with Crippen LogP contribution in [0.3, 0.4) is 0 Å². The Morgan fingerprint density at radius 1 is 1.19 bits per heavy atom. The fraction of sp³-hybridized carbons (Fsp3) is 0.0667. The van der Waals surface area contributed by atoms with Gasteiger partial charge in [-0.2, -0.15) is 0 Å². The van der Waals surface area contributed by atoms with E-state index in [4.69, 9.17) is 4.42 Å². The number of ketones is 1. The van der Waals surface area contributed by atoms with Gasteiger partial charge in [-0.1, -0.05) is 24.3 Å². The molecule has 0 aliphatic carbocycles. The quantitative estimate of drug-likeness (QED) is 0.416. The fourth-order valence-electron chi connectivity index (χ4n) is 2.03. The van der Waals surface area contributed by atoms with Crippen LogP contribution >= 0.6 is 0 Å². The van der Waals surface area contributed by atoms with E-state index in [0.717, 1.165) is 0 Å². The van der Waals surface area contributed by atoms with Crippen molar-refractivity contribution in [2.75, 3.05) is 0 Å². The number of carbonyl (C=O) groups is 1. The highest BCUT2D eigenvalue weighted by Gasteiger charge is 2.15. The number of aromatic nitrogens is 1. The van der Waals surface area contributed by atoms with Gasteiger partial charge < -0.3 is 4.42 Å². The molecule has 0 bridgehead atoms. The molecule has 0 atom stereocenters. The van der Waals surface area contributed by atoms with Crippen LogP contribution in [0.15, 0.2) is 52.9 Å². The summed E-state index contributed by atoms with van der Waals surface area (Å²) >= 11 is 0. The maximum atomic E-state index is 12.1. The van der Waals surface area contributed by atoms with Crippen molar-refractivity contribution in [2.24, 2.45) is 0 Å². The van der Waals surface area contributed by atoms with Crippen molar-refractivity contribution >= 4 is 22.6 Å². The zero-order chi connectivity index (χ0) is 14.8. The second kappa shape index (κ2) is 5.16. The van der Waals surface area contributed by atoms with Gasteiger partial charge in [0, 0.05) is 17.7 Å². The fourth-order valence-corrected chi connectivity index (χ4v) is 2.03. The van der Waals surface area contributed by atoms with Gasteiger partial charge in [-0.15, -0.1) is 0 Å². The molecule has 1 heterocycles. The van der Waals surface area contributed by atoms with E-state index in [-0.39, 0.29) is 23.5 Å². The molecule has 2 aromatic carbocycles. The lowest BCUT2D eigenvalue weighted by Gasteiger charge is -1.98. The van der Waals surface area contributed by atoms with Gasteiger partial charge in [0.25, 0.3) is 5.69 Å². The van der Waals surface area contributed by atoms with E-state index in [1.165, 1.54) is 24.3 Å². The van der Waals surface area contributed by atoms with Crippen molar-refractivity contribution in [1.82, 2.24) is 4.98 Å². The third-order valence-electron chi connectivity index (χ3n) is 3.03. The Bertz CT molecular complexity index is 805. The van der Waals surface area contributed by atoms with Gasteiger partial charge in [0.2, 0.25) is 5.89 Å². The van der Waals surface area contributed by atoms with Gasteiger partial charge >= 0.3 is 0 Å². The summed E-state index contributed by atoms with van der Waals surface area (Å²) in [4.78, 5) is 26.5. The maximum absolute atomic E-state index is 12.1. The third-order valence-corrected chi connectivity index (χ3v) is 3.03. The van der Waals surface area contributed by atoms with Gasteiger partial charge in [0.1, 0.15) is 5.52 Å². The lowest BCUT2D eigenvalue weighted by atomic mass is 10.1. The SMILES string of the molecule is O=C(Cc1nc2ccccc2o1)c1cccc([N+](=O)[O-])c1. The molecule has 104 valence electrons. The Morgan fingerprint density at radius 3 is 2.76 bits per heavy atom. The highest BCUT2D eigenvalue weighted by molar-refractivity contribution is 5.97. The monoisotopic (exact) mass is 282 g/mol. The molecule has 0 aliphatic rings. The third kappa shape index (κ3) is 2.64. The molecule has 6 nitrogen and oxygen atoms in total. The number of hydrogen-bond donors (Lipinski definition) is 0. The Hall–Kier alpha value is -3.02. The standard InChI is InChI=1S/C15H10N2O4/c18-13(10-4-3-5-11(8-10)17(19)20)9-15-16-12-6-1-2-7-14(12)21-15/h1-8H,9H2. The first-order valence-electron chi connectivity index (χ1n) is 6.25. The number of para-hydroxylation sites is 2. The van der Waals surface area contributed by atoms with Gasteiger partial charge in [-0.3, -0.25) is 14.9 Å². The number of carbonyl (C=O) groups excluding carboxylic acids is 1. The normalized spacial score (nSPS) is 10.7. The molecule has 0 aliphatic heterocycles. The first-order valence-corrected chi connectivity index (χ1v) is 6.25. The van der Waals surface area contributed by atoms with Gasteiger partial charge in [0.15, 0.2) is 11.4 Å². The van der Waals surface area contributed by atoms with Crippen LogP contribution in [0.25, 0.3) is 11.1 Å². The van der Waals surface area contributed by atoms with Crippen LogP contribution in [0.4, 0.5) is 5.69 Å². The van der Waals surface area contributed by atoms with E-state index < -0.39 is 4.92 Å². The second-order valence-corrected chi connectivity index (χ2v) is 4.48. The van der Waals surface area contributed by atoms with Crippen LogP contribution in [0.5, 0.6) is 0 Å². The summed E-state index contributed by atoms with van der Waals surface area (Å²) in [6.45, 7) is 0. The van der Waals surface area contributed by atoms with Crippen molar-refractivity contribution in [3.63, 3.8) is 0 Å². The van der Waals surface area contributed by atoms with Crippen molar-refractivity contribution in [2.45, 2.75) is 6.42 Å². The van der Waals surface area contributed by atoms with Crippen molar-refractivity contribution in [1.29, 1.82) is 0 Å². The highest BCUT2D eigenvalue weighted by atomic mass is 16.6. The first-order chi connectivity index (χ1) is 10.1. The van der Waals surface area contributed by atoms with Crippen LogP contribution < -0.4 is 0 Å². The Labute approximate surface area is 119 Å². The number of nitro groups is 1. The average molecular weight is 282 g/mol. The zero-order valence-electron chi connectivity index (χ0n) is 10.9. The predicted octanol–water partition coefficient (Wildman–Crippen LogP) is 3.16. The number of oxazole rings is 1. The molecule has 0 amide bonds. The maximum Gasteiger partial charge on any atom is 0.270 e. The summed E-state index contributed by atoms with van der Waals surface area (Å²) in [7, 11) is 0. The molecular weight excluding hydrogens is 272 g/mol. The number of benzene rings is 2. The molecule has 6 heteroatoms. The number of rotatable bonds is 4. The molecule has 0 N–H and O–H groups in total. The number of hydrogen-bond acceptors (Lipinski definition) is 5. The molecule has 0 saturated heterocycles. The van der Waals surface area contributed by atoms with E-state index in [0.29, 0.717) is 17.0 Å². The first kappa shape index (κ1) is 13.0. The van der Waals surface area contributed by atoms with Crippen LogP contribution in [0.2, 0.25) is 0 Å². The zero-order valence-corrected chi connectivity index (χ0v) is 10.9. The Kier molecular flexibility index (Phi) is 3.19. The van der Waals surface area contributed by atoms with E-state index in [1.807, 2.05) is 12.1 Å². The summed E-state index contributed by atoms with van der Waals surface area (Å²) in [6.07, 6.45) is -0.0319. The largest absolute Gasteiger partial charge is 0.440 e. The Balaban J connectivity index is 1.85. The summed E-state index contributed by atoms with van der Waals surface area (Å²) in [5.74, 6) is 0.0259. The van der Waals surface area contributed by atoms with E-state index in [1.54, 1.807) is 12.1 Å². The topological polar surface area (TPSA) is 86.2 Å². The van der Waals surface area contributed by atoms with Gasteiger partial charge in [0.05, 0.1) is 11.3 Å².